The van der Waals surface area contributed by atoms with Crippen LogP contribution in [0.25, 0.3) is 10.2 Å². The van der Waals surface area contributed by atoms with Gasteiger partial charge in [-0.25, -0.2) is 9.78 Å². The molecular formula is C38H41ClN4O8S4. The lowest BCUT2D eigenvalue weighted by atomic mass is 10.1. The molecule has 6 N–H and O–H groups in total. The number of hydrogen-bond acceptors (Lipinski definition) is 12. The van der Waals surface area contributed by atoms with Crippen molar-refractivity contribution in [1.29, 1.82) is 0 Å². The zero-order chi connectivity index (χ0) is 40.1. The Hall–Kier alpha value is -4.13. The van der Waals surface area contributed by atoms with Crippen LogP contribution in [0.4, 0.5) is 0 Å². The summed E-state index contributed by atoms with van der Waals surface area (Å²) in [5.41, 5.74) is 15.9. The number of thioether (sulfide) groups is 2. The van der Waals surface area contributed by atoms with Crippen LogP contribution in [0.5, 0.6) is 11.5 Å². The second-order valence-electron chi connectivity index (χ2n) is 11.7. The number of nitrogens with two attached hydrogens (primary N) is 2. The second-order valence-corrected chi connectivity index (χ2v) is 16.9. The Morgan fingerprint density at radius 2 is 1.51 bits per heavy atom. The first kappa shape index (κ1) is 43.6. The number of nitrogens with zero attached hydrogens (tertiary/aromatic N) is 2. The molecule has 1 fully saturated rings. The average Bonchev–Trinajstić information content (AvgIpc) is 3.61. The minimum atomic E-state index is -4.02. The van der Waals surface area contributed by atoms with Crippen LogP contribution in [-0.4, -0.2) is 65.2 Å². The van der Waals surface area contributed by atoms with E-state index in [1.54, 1.807) is 38.1 Å². The zero-order valence-corrected chi connectivity index (χ0v) is 34.2. The van der Waals surface area contributed by atoms with E-state index in [4.69, 9.17) is 37.1 Å². The second kappa shape index (κ2) is 20.7. The van der Waals surface area contributed by atoms with Gasteiger partial charge in [-0.1, -0.05) is 65.9 Å². The number of β-lactam (4-membered cyclic amide) rings is 1. The Labute approximate surface area is 337 Å². The van der Waals surface area contributed by atoms with Gasteiger partial charge >= 0.3 is 5.97 Å². The number of alkyl halides is 1. The molecule has 1 atom stereocenters. The highest BCUT2D eigenvalue weighted by Crippen LogP contribution is 2.46. The number of para-hydroxylation sites is 1. The molecule has 12 nitrogen and oxygen atoms in total. The fourth-order valence-electron chi connectivity index (χ4n) is 4.94. The van der Waals surface area contributed by atoms with Gasteiger partial charge in [-0.15, -0.1) is 34.7 Å². The molecule has 17 heteroatoms. The molecule has 7 rings (SSSR count). The summed E-state index contributed by atoms with van der Waals surface area (Å²) in [6, 6.07) is 27.3. The van der Waals surface area contributed by atoms with Crippen molar-refractivity contribution in [2.24, 2.45) is 11.5 Å². The molecule has 0 spiro atoms. The third kappa shape index (κ3) is 12.2. The van der Waals surface area contributed by atoms with Crippen LogP contribution in [0.1, 0.15) is 28.7 Å². The van der Waals surface area contributed by atoms with Gasteiger partial charge in [-0.05, 0) is 66.1 Å². The lowest BCUT2D eigenvalue weighted by Crippen LogP contribution is -2.53. The van der Waals surface area contributed by atoms with Crippen molar-refractivity contribution in [2.75, 3.05) is 20.0 Å². The molecule has 0 saturated carbocycles. The third-order valence-corrected chi connectivity index (χ3v) is 12.7. The number of methoxy groups -OCH3 is 2. The number of benzene rings is 4. The summed E-state index contributed by atoms with van der Waals surface area (Å²) in [4.78, 5) is 30.0. The first-order chi connectivity index (χ1) is 26.3. The number of carbonyl (C=O) groups excluding carboxylic acids is 1. The van der Waals surface area contributed by atoms with E-state index in [0.29, 0.717) is 36.0 Å². The standard InChI is InChI=1S/C15H11ClN2O3S3.2C8H11NO.C7H8O3S/c16-5-7-2-1-3-8-12(7)17-15(23-8)24-9-6-22-11-4-10(19)18(11)13(9)14(20)21;2*1-10-8-4-2-7(6-9)3-5-8;1-6-2-4-7(5-3-6)11(8,9)10/h1-3,11H,4-6H2,(H,20,21);2*2-5H,6,9H2,1H3;2-5H,1H3,(H,8,9,10)/t11-;;;/m0.../s1. The fourth-order valence-corrected chi connectivity index (χ4v) is 9.30. The predicted octanol–water partition coefficient (Wildman–Crippen LogP) is 7.28. The highest BCUT2D eigenvalue weighted by atomic mass is 35.5. The van der Waals surface area contributed by atoms with Crippen LogP contribution in [0, 0.1) is 6.92 Å². The van der Waals surface area contributed by atoms with Crippen LogP contribution >= 0.6 is 46.5 Å². The molecule has 2 aliphatic heterocycles. The van der Waals surface area contributed by atoms with E-state index < -0.39 is 16.1 Å². The Kier molecular flexibility index (Phi) is 16.4. The van der Waals surface area contributed by atoms with E-state index in [-0.39, 0.29) is 21.9 Å². The highest BCUT2D eigenvalue weighted by Gasteiger charge is 2.45. The molecule has 2 aliphatic rings. The molecule has 1 saturated heterocycles. The number of aliphatic carboxylic acids is 1. The van der Waals surface area contributed by atoms with E-state index in [0.717, 1.165) is 48.3 Å². The van der Waals surface area contributed by atoms with Crippen molar-refractivity contribution in [2.45, 2.75) is 46.9 Å². The molecule has 1 amide bonds. The summed E-state index contributed by atoms with van der Waals surface area (Å²) in [5, 5.41) is 9.50. The summed E-state index contributed by atoms with van der Waals surface area (Å²) < 4.78 is 41.3. The van der Waals surface area contributed by atoms with Gasteiger partial charge in [0.25, 0.3) is 10.1 Å². The van der Waals surface area contributed by atoms with Crippen LogP contribution in [0.15, 0.2) is 111 Å². The van der Waals surface area contributed by atoms with Crippen molar-refractivity contribution in [3.05, 3.63) is 124 Å². The van der Waals surface area contributed by atoms with Gasteiger partial charge in [0, 0.05) is 29.6 Å². The van der Waals surface area contributed by atoms with Crippen molar-refractivity contribution < 1.29 is 37.1 Å². The van der Waals surface area contributed by atoms with Crippen LogP contribution in [-0.2, 0) is 38.7 Å². The highest BCUT2D eigenvalue weighted by molar-refractivity contribution is 8.07. The molecular weight excluding hydrogens is 804 g/mol. The summed E-state index contributed by atoms with van der Waals surface area (Å²) in [5.74, 6) is 1.52. The molecule has 0 unspecified atom stereocenters. The molecule has 3 heterocycles. The van der Waals surface area contributed by atoms with Gasteiger partial charge < -0.3 is 26.0 Å². The monoisotopic (exact) mass is 844 g/mol. The molecule has 1 aromatic heterocycles. The molecule has 0 radical (unpaired) electrons. The van der Waals surface area contributed by atoms with Crippen LogP contribution in [0.3, 0.4) is 0 Å². The van der Waals surface area contributed by atoms with E-state index in [1.807, 2.05) is 73.7 Å². The summed E-state index contributed by atoms with van der Waals surface area (Å²) >= 11 is 10.4. The smallest absolute Gasteiger partial charge is 0.353 e. The first-order valence-corrected chi connectivity index (χ1v) is 21.2. The predicted molar refractivity (Wildman–Crippen MR) is 220 cm³/mol. The van der Waals surface area contributed by atoms with Crippen molar-refractivity contribution in [3.63, 3.8) is 0 Å². The largest absolute Gasteiger partial charge is 0.497 e. The fraction of sp³-hybridized carbons (Fsp3) is 0.237. The van der Waals surface area contributed by atoms with Crippen LogP contribution < -0.4 is 20.9 Å². The van der Waals surface area contributed by atoms with Gasteiger partial charge in [0.1, 0.15) is 17.2 Å². The minimum Gasteiger partial charge on any atom is -0.497 e. The van der Waals surface area contributed by atoms with E-state index >= 15 is 0 Å². The molecule has 0 bridgehead atoms. The van der Waals surface area contributed by atoms with Gasteiger partial charge in [-0.3, -0.25) is 14.2 Å². The number of carbonyl (C=O) groups is 2. The Morgan fingerprint density at radius 1 is 0.945 bits per heavy atom. The van der Waals surface area contributed by atoms with E-state index in [9.17, 15) is 23.1 Å². The molecule has 0 aliphatic carbocycles. The SMILES string of the molecule is COc1ccc(CN)cc1.COc1ccc(CN)cc1.Cc1ccc(S(=O)(=O)O)cc1.O=C(O)C1=C(Sc2nc3c(CCl)cccc3s2)CS[C@H]2CC(=O)N12. The summed E-state index contributed by atoms with van der Waals surface area (Å²) in [6.45, 7) is 3.02. The summed E-state index contributed by atoms with van der Waals surface area (Å²) in [7, 11) is -0.719. The Bertz CT molecular complexity index is 2110. The van der Waals surface area contributed by atoms with Gasteiger partial charge in [0.2, 0.25) is 5.91 Å². The van der Waals surface area contributed by atoms with E-state index in [1.165, 1.54) is 40.1 Å². The number of thiazole rings is 1. The van der Waals surface area contributed by atoms with Gasteiger partial charge in [-0.2, -0.15) is 8.42 Å². The molecule has 292 valence electrons. The maximum Gasteiger partial charge on any atom is 0.353 e. The normalized spacial score (nSPS) is 14.6. The number of rotatable bonds is 9. The zero-order valence-electron chi connectivity index (χ0n) is 30.2. The lowest BCUT2D eigenvalue weighted by Gasteiger charge is -2.43. The van der Waals surface area contributed by atoms with Crippen molar-refractivity contribution in [3.8, 4) is 11.5 Å². The quantitative estimate of drug-likeness (QED) is 0.0657. The number of fused-ring (bicyclic) bond motifs is 2. The number of hydrogen-bond donors (Lipinski definition) is 4. The number of carboxylic acids is 1. The van der Waals surface area contributed by atoms with Crippen LogP contribution in [0.2, 0.25) is 0 Å². The first-order valence-electron chi connectivity index (χ1n) is 16.5. The maximum absolute atomic E-state index is 11.8. The maximum atomic E-state index is 11.8. The molecule has 55 heavy (non-hydrogen) atoms. The Balaban J connectivity index is 0.000000182. The number of carboxylic acid groups (broad SMARTS) is 1. The average molecular weight is 845 g/mol. The summed E-state index contributed by atoms with van der Waals surface area (Å²) in [6.07, 6.45) is 0.416. The number of halogens is 1. The number of ether oxygens (including phenoxy) is 2. The Morgan fingerprint density at radius 3 is 1.96 bits per heavy atom. The lowest BCUT2D eigenvalue weighted by molar-refractivity contribution is -0.146. The van der Waals surface area contributed by atoms with Crippen molar-refractivity contribution >= 4 is 78.7 Å². The molecule has 5 aromatic rings. The number of aromatic nitrogens is 1. The topological polar surface area (TPSA) is 195 Å². The number of aryl methyl sites for hydroxylation is 1. The minimum absolute atomic E-state index is 0.0360. The van der Waals surface area contributed by atoms with Gasteiger partial charge in [0.15, 0.2) is 4.34 Å². The van der Waals surface area contributed by atoms with E-state index in [2.05, 4.69) is 4.98 Å². The molecule has 4 aromatic carbocycles. The number of amides is 1. The van der Waals surface area contributed by atoms with Gasteiger partial charge in [0.05, 0.1) is 41.1 Å². The van der Waals surface area contributed by atoms with Crippen molar-refractivity contribution in [1.82, 2.24) is 9.88 Å². The third-order valence-electron chi connectivity index (χ3n) is 7.97.